The number of hydrogen-bond donors (Lipinski definition) is 3. The Labute approximate surface area is 205 Å². The molecule has 0 bridgehead atoms. The summed E-state index contributed by atoms with van der Waals surface area (Å²) in [7, 11) is 0. The largest absolute Gasteiger partial charge is 0.480 e. The Hall–Kier alpha value is -3.35. The predicted octanol–water partition coefficient (Wildman–Crippen LogP) is 4.46. The molecule has 0 heterocycles. The van der Waals surface area contributed by atoms with E-state index < -0.39 is 23.0 Å². The zero-order valence-electron chi connectivity index (χ0n) is 20.2. The van der Waals surface area contributed by atoms with Gasteiger partial charge in [-0.15, -0.1) is 0 Å². The number of amides is 2. The Morgan fingerprint density at radius 1 is 1.00 bits per heavy atom. The fraction of sp³-hybridized carbons (Fsp3) is 0.464. The number of ether oxygens (including phenoxy) is 1. The summed E-state index contributed by atoms with van der Waals surface area (Å²) < 4.78 is 5.56. The lowest BCUT2D eigenvalue weighted by molar-refractivity contribution is -0.167. The van der Waals surface area contributed by atoms with Crippen LogP contribution in [-0.2, 0) is 14.3 Å². The second kappa shape index (κ2) is 8.40. The van der Waals surface area contributed by atoms with Gasteiger partial charge in [-0.1, -0.05) is 55.0 Å². The molecular formula is C28H32N2O5. The predicted molar refractivity (Wildman–Crippen MR) is 131 cm³/mol. The Kier molecular flexibility index (Phi) is 5.61. The molecule has 2 aromatic rings. The molecule has 35 heavy (non-hydrogen) atoms. The SMILES string of the molecule is CC(C)(CNC(=O)OCC1c2ccccc2-c2ccccc21)C(=O)NC1(C(=O)O)CC2(CCC2)C1. The van der Waals surface area contributed by atoms with Gasteiger partial charge in [0.25, 0.3) is 0 Å². The molecular weight excluding hydrogens is 444 g/mol. The van der Waals surface area contributed by atoms with E-state index in [-0.39, 0.29) is 30.4 Å². The molecule has 3 N–H and O–H groups in total. The van der Waals surface area contributed by atoms with E-state index in [1.165, 1.54) is 0 Å². The summed E-state index contributed by atoms with van der Waals surface area (Å²) in [5.41, 5.74) is 2.48. The second-order valence-corrected chi connectivity index (χ2v) is 11.1. The molecule has 2 aromatic carbocycles. The van der Waals surface area contributed by atoms with Crippen molar-refractivity contribution in [3.8, 4) is 11.1 Å². The molecule has 3 aliphatic rings. The Morgan fingerprint density at radius 2 is 1.57 bits per heavy atom. The summed E-state index contributed by atoms with van der Waals surface area (Å²) in [5.74, 6) is -1.41. The minimum absolute atomic E-state index is 0.0380. The van der Waals surface area contributed by atoms with Crippen molar-refractivity contribution in [2.75, 3.05) is 13.2 Å². The van der Waals surface area contributed by atoms with Gasteiger partial charge in [0.05, 0.1) is 5.41 Å². The van der Waals surface area contributed by atoms with E-state index in [1.54, 1.807) is 13.8 Å². The van der Waals surface area contributed by atoms with E-state index in [9.17, 15) is 19.5 Å². The molecule has 3 aliphatic carbocycles. The molecule has 0 unspecified atom stereocenters. The number of rotatable bonds is 7. The maximum atomic E-state index is 13.0. The van der Waals surface area contributed by atoms with Crippen LogP contribution in [0, 0.1) is 10.8 Å². The first kappa shape index (κ1) is 23.4. The summed E-state index contributed by atoms with van der Waals surface area (Å²) in [6.45, 7) is 3.62. The first-order valence-electron chi connectivity index (χ1n) is 12.3. The van der Waals surface area contributed by atoms with Gasteiger partial charge in [0, 0.05) is 12.5 Å². The van der Waals surface area contributed by atoms with E-state index in [1.807, 2.05) is 24.3 Å². The van der Waals surface area contributed by atoms with Crippen molar-refractivity contribution in [3.63, 3.8) is 0 Å². The topological polar surface area (TPSA) is 105 Å². The number of carbonyl (C=O) groups excluding carboxylic acids is 2. The Morgan fingerprint density at radius 3 is 2.09 bits per heavy atom. The van der Waals surface area contributed by atoms with Gasteiger partial charge in [-0.3, -0.25) is 4.79 Å². The van der Waals surface area contributed by atoms with Crippen molar-refractivity contribution in [2.45, 2.75) is 57.4 Å². The Balaban J connectivity index is 1.16. The number of aliphatic carboxylic acids is 1. The van der Waals surface area contributed by atoms with Crippen LogP contribution in [0.1, 0.15) is 63.0 Å². The average Bonchev–Trinajstić information content (AvgIpc) is 3.10. The summed E-state index contributed by atoms with van der Waals surface area (Å²) in [4.78, 5) is 37.5. The number of carbonyl (C=O) groups is 3. The zero-order chi connectivity index (χ0) is 24.8. The second-order valence-electron chi connectivity index (χ2n) is 11.1. The van der Waals surface area contributed by atoms with Gasteiger partial charge in [-0.25, -0.2) is 9.59 Å². The zero-order valence-corrected chi connectivity index (χ0v) is 20.2. The standard InChI is InChI=1S/C28H32N2O5/c1-26(2,23(31)30-28(24(32)33)15-27(16-28)12-7-13-27)17-29-25(34)35-14-22-20-10-5-3-8-18(20)19-9-4-6-11-21(19)22/h3-6,8-11,22H,7,12-17H2,1-2H3,(H,29,34)(H,30,31)(H,32,33). The molecule has 184 valence electrons. The van der Waals surface area contributed by atoms with Gasteiger partial charge in [-0.2, -0.15) is 0 Å². The number of nitrogens with one attached hydrogen (secondary N) is 2. The van der Waals surface area contributed by atoms with Crippen LogP contribution in [-0.4, -0.2) is 41.8 Å². The molecule has 2 fully saturated rings. The maximum Gasteiger partial charge on any atom is 0.407 e. The first-order chi connectivity index (χ1) is 16.6. The van der Waals surface area contributed by atoms with Crippen LogP contribution < -0.4 is 10.6 Å². The number of alkyl carbamates (subject to hydrolysis) is 1. The normalized spacial score (nSPS) is 19.0. The molecule has 0 aromatic heterocycles. The third-order valence-electron chi connectivity index (χ3n) is 8.16. The van der Waals surface area contributed by atoms with Crippen LogP contribution in [0.15, 0.2) is 48.5 Å². The molecule has 7 heteroatoms. The highest BCUT2D eigenvalue weighted by Gasteiger charge is 2.62. The number of carboxylic acids is 1. The molecule has 2 saturated carbocycles. The summed E-state index contributed by atoms with van der Waals surface area (Å²) >= 11 is 0. The molecule has 0 saturated heterocycles. The van der Waals surface area contributed by atoms with E-state index in [0.29, 0.717) is 12.8 Å². The monoisotopic (exact) mass is 476 g/mol. The van der Waals surface area contributed by atoms with Gasteiger partial charge >= 0.3 is 12.1 Å². The fourth-order valence-corrected chi connectivity index (χ4v) is 5.96. The van der Waals surface area contributed by atoms with Gasteiger partial charge < -0.3 is 20.5 Å². The van der Waals surface area contributed by atoms with Crippen LogP contribution >= 0.6 is 0 Å². The quantitative estimate of drug-likeness (QED) is 0.547. The van der Waals surface area contributed by atoms with Gasteiger partial charge in [0.1, 0.15) is 12.1 Å². The van der Waals surface area contributed by atoms with Crippen LogP contribution in [0.2, 0.25) is 0 Å². The summed E-state index contributed by atoms with van der Waals surface area (Å²) in [6.07, 6.45) is 3.56. The van der Waals surface area contributed by atoms with Gasteiger partial charge in [0.15, 0.2) is 0 Å². The fourth-order valence-electron chi connectivity index (χ4n) is 5.96. The lowest BCUT2D eigenvalue weighted by atomic mass is 9.48. The van der Waals surface area contributed by atoms with E-state index in [0.717, 1.165) is 41.5 Å². The van der Waals surface area contributed by atoms with Crippen molar-refractivity contribution in [1.29, 1.82) is 0 Å². The van der Waals surface area contributed by atoms with Crippen molar-refractivity contribution in [3.05, 3.63) is 59.7 Å². The van der Waals surface area contributed by atoms with Crippen molar-refractivity contribution >= 4 is 18.0 Å². The van der Waals surface area contributed by atoms with E-state index in [2.05, 4.69) is 34.9 Å². The number of benzene rings is 2. The lowest BCUT2D eigenvalue weighted by Gasteiger charge is -2.59. The van der Waals surface area contributed by atoms with Gasteiger partial charge in [0.2, 0.25) is 5.91 Å². The highest BCUT2D eigenvalue weighted by molar-refractivity contribution is 5.91. The summed E-state index contributed by atoms with van der Waals surface area (Å²) in [5, 5.41) is 15.3. The first-order valence-corrected chi connectivity index (χ1v) is 12.3. The third kappa shape index (κ3) is 4.07. The van der Waals surface area contributed by atoms with Crippen LogP contribution in [0.25, 0.3) is 11.1 Å². The molecule has 0 atom stereocenters. The minimum Gasteiger partial charge on any atom is -0.480 e. The Bertz CT molecular complexity index is 1130. The smallest absolute Gasteiger partial charge is 0.407 e. The molecule has 5 rings (SSSR count). The molecule has 7 nitrogen and oxygen atoms in total. The summed E-state index contributed by atoms with van der Waals surface area (Å²) in [6, 6.07) is 16.2. The van der Waals surface area contributed by atoms with Crippen molar-refractivity contribution in [2.24, 2.45) is 10.8 Å². The van der Waals surface area contributed by atoms with Crippen LogP contribution in [0.5, 0.6) is 0 Å². The van der Waals surface area contributed by atoms with E-state index in [4.69, 9.17) is 4.74 Å². The third-order valence-corrected chi connectivity index (χ3v) is 8.16. The number of carboxylic acid groups (broad SMARTS) is 1. The average molecular weight is 477 g/mol. The van der Waals surface area contributed by atoms with Crippen LogP contribution in [0.3, 0.4) is 0 Å². The molecule has 2 amide bonds. The molecule has 0 aliphatic heterocycles. The van der Waals surface area contributed by atoms with Crippen molar-refractivity contribution in [1.82, 2.24) is 10.6 Å². The van der Waals surface area contributed by atoms with Crippen molar-refractivity contribution < 1.29 is 24.2 Å². The number of hydrogen-bond acceptors (Lipinski definition) is 4. The lowest BCUT2D eigenvalue weighted by Crippen LogP contribution is -2.69. The van der Waals surface area contributed by atoms with Crippen LogP contribution in [0.4, 0.5) is 4.79 Å². The molecule has 0 radical (unpaired) electrons. The number of fused-ring (bicyclic) bond motifs is 3. The highest BCUT2D eigenvalue weighted by Crippen LogP contribution is 2.60. The maximum absolute atomic E-state index is 13.0. The van der Waals surface area contributed by atoms with Gasteiger partial charge in [-0.05, 0) is 67.2 Å². The molecule has 1 spiro atoms. The highest BCUT2D eigenvalue weighted by atomic mass is 16.5. The van der Waals surface area contributed by atoms with E-state index >= 15 is 0 Å². The minimum atomic E-state index is -1.20.